The van der Waals surface area contributed by atoms with Crippen LogP contribution in [0, 0.1) is 5.92 Å². The molecule has 0 amide bonds. The van der Waals surface area contributed by atoms with Gasteiger partial charge in [-0.3, -0.25) is 0 Å². The molecular weight excluding hydrogens is 242 g/mol. The second-order valence-electron chi connectivity index (χ2n) is 3.29. The van der Waals surface area contributed by atoms with E-state index in [1.807, 2.05) is 6.07 Å². The minimum atomic E-state index is 0.726. The molecule has 0 atom stereocenters. The molecule has 0 aliphatic carbocycles. The van der Waals surface area contributed by atoms with Crippen molar-refractivity contribution in [3.63, 3.8) is 0 Å². The monoisotopic (exact) mass is 257 g/mol. The molecule has 1 rings (SSSR count). The summed E-state index contributed by atoms with van der Waals surface area (Å²) in [5.41, 5.74) is 0. The first-order chi connectivity index (χ1) is 6.76. The number of hydrogen-bond acceptors (Lipinski definition) is 3. The molecule has 0 fully saturated rings. The van der Waals surface area contributed by atoms with Gasteiger partial charge in [0.1, 0.15) is 16.7 Å². The van der Waals surface area contributed by atoms with Gasteiger partial charge in [-0.05, 0) is 21.8 Å². The van der Waals surface area contributed by atoms with Crippen molar-refractivity contribution in [3.05, 3.63) is 17.0 Å². The maximum absolute atomic E-state index is 4.13. The van der Waals surface area contributed by atoms with E-state index in [4.69, 9.17) is 0 Å². The lowest BCUT2D eigenvalue weighted by Gasteiger charge is -2.13. The molecule has 3 nitrogen and oxygen atoms in total. The molecule has 0 aliphatic rings. The molecule has 0 aliphatic heterocycles. The summed E-state index contributed by atoms with van der Waals surface area (Å²) in [4.78, 5) is 8.10. The molecule has 1 N–H and O–H groups in total. The molecule has 0 aromatic carbocycles. The molecule has 1 heterocycles. The van der Waals surface area contributed by atoms with Gasteiger partial charge in [-0.2, -0.15) is 0 Å². The summed E-state index contributed by atoms with van der Waals surface area (Å²) >= 11 is 3.31. The van der Waals surface area contributed by atoms with Gasteiger partial charge in [-0.15, -0.1) is 0 Å². The molecule has 0 saturated heterocycles. The van der Waals surface area contributed by atoms with E-state index < -0.39 is 0 Å². The topological polar surface area (TPSA) is 37.8 Å². The van der Waals surface area contributed by atoms with Crippen LogP contribution in [0.2, 0.25) is 0 Å². The Bertz CT molecular complexity index is 274. The number of aromatic nitrogens is 2. The van der Waals surface area contributed by atoms with Crippen LogP contribution in [0.15, 0.2) is 17.0 Å². The van der Waals surface area contributed by atoms with Gasteiger partial charge >= 0.3 is 0 Å². The van der Waals surface area contributed by atoms with Crippen molar-refractivity contribution in [2.24, 2.45) is 5.92 Å². The minimum absolute atomic E-state index is 0.726. The fraction of sp³-hybridized carbons (Fsp3) is 0.600. The molecule has 0 spiro atoms. The molecule has 0 bridgehead atoms. The van der Waals surface area contributed by atoms with Crippen LogP contribution in [0.25, 0.3) is 0 Å². The van der Waals surface area contributed by atoms with Gasteiger partial charge in [0.15, 0.2) is 0 Å². The molecule has 4 heteroatoms. The number of halogens is 1. The Morgan fingerprint density at radius 2 is 2.07 bits per heavy atom. The third kappa shape index (κ3) is 3.62. The Morgan fingerprint density at radius 3 is 2.64 bits per heavy atom. The van der Waals surface area contributed by atoms with Gasteiger partial charge < -0.3 is 5.32 Å². The van der Waals surface area contributed by atoms with Gasteiger partial charge in [-0.25, -0.2) is 9.97 Å². The van der Waals surface area contributed by atoms with Gasteiger partial charge in [-0.1, -0.05) is 26.7 Å². The fourth-order valence-electron chi connectivity index (χ4n) is 1.26. The molecule has 0 saturated carbocycles. The zero-order valence-electron chi connectivity index (χ0n) is 8.63. The van der Waals surface area contributed by atoms with Crippen LogP contribution >= 0.6 is 15.9 Å². The molecule has 0 unspecified atom stereocenters. The molecule has 78 valence electrons. The van der Waals surface area contributed by atoms with Gasteiger partial charge in [0, 0.05) is 12.6 Å². The lowest BCUT2D eigenvalue weighted by molar-refractivity contribution is 0.518. The fourth-order valence-corrected chi connectivity index (χ4v) is 1.56. The van der Waals surface area contributed by atoms with Gasteiger partial charge in [0.2, 0.25) is 0 Å². The van der Waals surface area contributed by atoms with E-state index in [0.717, 1.165) is 22.9 Å². The SMILES string of the molecule is CCC(CC)CNc1cc(Br)ncn1. The first kappa shape index (κ1) is 11.4. The highest BCUT2D eigenvalue weighted by Gasteiger charge is 2.03. The summed E-state index contributed by atoms with van der Waals surface area (Å²) in [7, 11) is 0. The lowest BCUT2D eigenvalue weighted by Crippen LogP contribution is -2.13. The zero-order chi connectivity index (χ0) is 10.4. The average molecular weight is 258 g/mol. The molecule has 14 heavy (non-hydrogen) atoms. The van der Waals surface area contributed by atoms with Crippen LogP contribution in [-0.4, -0.2) is 16.5 Å². The van der Waals surface area contributed by atoms with E-state index in [-0.39, 0.29) is 0 Å². The number of nitrogens with one attached hydrogen (secondary N) is 1. The van der Waals surface area contributed by atoms with Crippen LogP contribution in [0.5, 0.6) is 0 Å². The predicted molar refractivity (Wildman–Crippen MR) is 62.3 cm³/mol. The Labute approximate surface area is 93.5 Å². The van der Waals surface area contributed by atoms with Crippen molar-refractivity contribution in [2.45, 2.75) is 26.7 Å². The van der Waals surface area contributed by atoms with E-state index in [0.29, 0.717) is 0 Å². The summed E-state index contributed by atoms with van der Waals surface area (Å²) in [6, 6.07) is 1.89. The van der Waals surface area contributed by atoms with Gasteiger partial charge in [0.25, 0.3) is 0 Å². The quantitative estimate of drug-likeness (QED) is 0.825. The molecular formula is C10H16BrN3. The van der Waals surface area contributed by atoms with Crippen molar-refractivity contribution in [1.82, 2.24) is 9.97 Å². The first-order valence-corrected chi connectivity index (χ1v) is 5.77. The third-order valence-electron chi connectivity index (χ3n) is 2.36. The summed E-state index contributed by atoms with van der Waals surface area (Å²) in [5.74, 6) is 1.61. The largest absolute Gasteiger partial charge is 0.370 e. The van der Waals surface area contributed by atoms with Crippen LogP contribution in [-0.2, 0) is 0 Å². The smallest absolute Gasteiger partial charge is 0.130 e. The standard InChI is InChI=1S/C10H16BrN3/c1-3-8(4-2)6-12-10-5-9(11)13-7-14-10/h5,7-8H,3-4,6H2,1-2H3,(H,12,13,14). The van der Waals surface area contributed by atoms with E-state index in [1.54, 1.807) is 6.33 Å². The number of anilines is 1. The maximum Gasteiger partial charge on any atom is 0.130 e. The van der Waals surface area contributed by atoms with Crippen molar-refractivity contribution in [3.8, 4) is 0 Å². The van der Waals surface area contributed by atoms with Crippen molar-refractivity contribution in [2.75, 3.05) is 11.9 Å². The van der Waals surface area contributed by atoms with E-state index in [9.17, 15) is 0 Å². The van der Waals surface area contributed by atoms with Crippen LogP contribution in [0.4, 0.5) is 5.82 Å². The Kier molecular flexibility index (Phi) is 4.87. The summed E-state index contributed by atoms with van der Waals surface area (Å²) < 4.78 is 0.819. The highest BCUT2D eigenvalue weighted by atomic mass is 79.9. The van der Waals surface area contributed by atoms with Crippen LogP contribution in [0.3, 0.4) is 0 Å². The Hall–Kier alpha value is -0.640. The van der Waals surface area contributed by atoms with E-state index in [2.05, 4.69) is 45.1 Å². The lowest BCUT2D eigenvalue weighted by atomic mass is 10.0. The maximum atomic E-state index is 4.13. The van der Waals surface area contributed by atoms with E-state index in [1.165, 1.54) is 12.8 Å². The summed E-state index contributed by atoms with van der Waals surface area (Å²) in [6.45, 7) is 5.41. The van der Waals surface area contributed by atoms with E-state index >= 15 is 0 Å². The second kappa shape index (κ2) is 5.96. The minimum Gasteiger partial charge on any atom is -0.370 e. The van der Waals surface area contributed by atoms with Crippen LogP contribution < -0.4 is 5.32 Å². The van der Waals surface area contributed by atoms with Gasteiger partial charge in [0.05, 0.1) is 0 Å². The van der Waals surface area contributed by atoms with Crippen molar-refractivity contribution in [1.29, 1.82) is 0 Å². The normalized spacial score (nSPS) is 10.6. The van der Waals surface area contributed by atoms with Crippen molar-refractivity contribution >= 4 is 21.7 Å². The molecule has 1 aromatic heterocycles. The van der Waals surface area contributed by atoms with Crippen molar-refractivity contribution < 1.29 is 0 Å². The summed E-state index contributed by atoms with van der Waals surface area (Å²) in [5, 5.41) is 3.31. The number of hydrogen-bond donors (Lipinski definition) is 1. The second-order valence-corrected chi connectivity index (χ2v) is 4.10. The zero-order valence-corrected chi connectivity index (χ0v) is 10.2. The average Bonchev–Trinajstić information content (AvgIpc) is 2.19. The Morgan fingerprint density at radius 1 is 1.36 bits per heavy atom. The number of nitrogens with zero attached hydrogens (tertiary/aromatic N) is 2. The first-order valence-electron chi connectivity index (χ1n) is 4.97. The summed E-state index contributed by atoms with van der Waals surface area (Å²) in [6.07, 6.45) is 3.96. The number of rotatable bonds is 5. The highest BCUT2D eigenvalue weighted by Crippen LogP contribution is 2.12. The van der Waals surface area contributed by atoms with Crippen LogP contribution in [0.1, 0.15) is 26.7 Å². The highest BCUT2D eigenvalue weighted by molar-refractivity contribution is 9.10. The molecule has 0 radical (unpaired) electrons. The predicted octanol–water partition coefficient (Wildman–Crippen LogP) is 3.09. The molecule has 1 aromatic rings. The third-order valence-corrected chi connectivity index (χ3v) is 2.79. The Balaban J connectivity index is 2.44.